The van der Waals surface area contributed by atoms with Crippen molar-refractivity contribution in [2.75, 3.05) is 5.32 Å². The van der Waals surface area contributed by atoms with Crippen LogP contribution in [0.1, 0.15) is 30.5 Å². The zero-order valence-electron chi connectivity index (χ0n) is 13.6. The van der Waals surface area contributed by atoms with Gasteiger partial charge >= 0.3 is 5.97 Å². The van der Waals surface area contributed by atoms with E-state index in [1.54, 1.807) is 38.1 Å². The fourth-order valence-corrected chi connectivity index (χ4v) is 2.19. The van der Waals surface area contributed by atoms with Crippen molar-refractivity contribution < 1.29 is 14.7 Å². The van der Waals surface area contributed by atoms with Crippen molar-refractivity contribution in [3.05, 3.63) is 65.2 Å². The van der Waals surface area contributed by atoms with Crippen LogP contribution < -0.4 is 5.32 Å². The fourth-order valence-electron chi connectivity index (χ4n) is 2.19. The number of hydrogen-bond acceptors (Lipinski definition) is 2. The van der Waals surface area contributed by atoms with Gasteiger partial charge in [-0.3, -0.25) is 9.59 Å². The molecule has 120 valence electrons. The van der Waals surface area contributed by atoms with Gasteiger partial charge in [-0.1, -0.05) is 42.0 Å². The standard InChI is InChI=1S/C19H21NO3/c1-13-4-6-14(7-5-13)12-17(21)20-16-10-8-15(9-11-16)19(2,3)18(22)23/h4-11H,12H2,1-3H3,(H,20,21)(H,22,23). The number of hydrogen-bond donors (Lipinski definition) is 2. The molecule has 1 amide bonds. The number of nitrogens with one attached hydrogen (secondary N) is 1. The normalized spacial score (nSPS) is 11.1. The third kappa shape index (κ3) is 4.19. The van der Waals surface area contributed by atoms with Gasteiger partial charge in [0.2, 0.25) is 5.91 Å². The minimum Gasteiger partial charge on any atom is -0.481 e. The molecule has 0 aliphatic heterocycles. The first kappa shape index (κ1) is 16.7. The maximum absolute atomic E-state index is 12.1. The maximum atomic E-state index is 12.1. The molecule has 0 radical (unpaired) electrons. The van der Waals surface area contributed by atoms with E-state index >= 15 is 0 Å². The van der Waals surface area contributed by atoms with E-state index in [0.29, 0.717) is 17.7 Å². The lowest BCUT2D eigenvalue weighted by Gasteiger charge is -2.19. The third-order valence-corrected chi connectivity index (χ3v) is 3.91. The zero-order valence-corrected chi connectivity index (χ0v) is 13.6. The van der Waals surface area contributed by atoms with E-state index in [2.05, 4.69) is 5.32 Å². The predicted octanol–water partition coefficient (Wildman–Crippen LogP) is 3.54. The Morgan fingerprint density at radius 2 is 1.57 bits per heavy atom. The molecule has 2 N–H and O–H groups in total. The van der Waals surface area contributed by atoms with Crippen LogP contribution in [0.4, 0.5) is 5.69 Å². The summed E-state index contributed by atoms with van der Waals surface area (Å²) in [6.07, 6.45) is 0.308. The van der Waals surface area contributed by atoms with Crippen molar-refractivity contribution in [2.24, 2.45) is 0 Å². The average molecular weight is 311 g/mol. The molecule has 4 nitrogen and oxygen atoms in total. The third-order valence-electron chi connectivity index (χ3n) is 3.91. The Balaban J connectivity index is 2.02. The van der Waals surface area contributed by atoms with E-state index in [1.807, 2.05) is 31.2 Å². The van der Waals surface area contributed by atoms with Gasteiger partial charge in [0.15, 0.2) is 0 Å². The first-order chi connectivity index (χ1) is 10.8. The van der Waals surface area contributed by atoms with E-state index in [-0.39, 0.29) is 5.91 Å². The molecule has 0 aliphatic carbocycles. The van der Waals surface area contributed by atoms with Crippen molar-refractivity contribution in [1.82, 2.24) is 0 Å². The molecule has 0 saturated carbocycles. The summed E-state index contributed by atoms with van der Waals surface area (Å²) in [5.41, 5.74) is 2.51. The molecule has 2 rings (SSSR count). The number of carboxylic acids is 1. The SMILES string of the molecule is Cc1ccc(CC(=O)Nc2ccc(C(C)(C)C(=O)O)cc2)cc1. The number of aliphatic carboxylic acids is 1. The minimum absolute atomic E-state index is 0.0981. The highest BCUT2D eigenvalue weighted by Gasteiger charge is 2.29. The van der Waals surface area contributed by atoms with Crippen molar-refractivity contribution in [3.8, 4) is 0 Å². The first-order valence-corrected chi connectivity index (χ1v) is 7.48. The Labute approximate surface area is 136 Å². The van der Waals surface area contributed by atoms with Gasteiger partial charge in [0.25, 0.3) is 0 Å². The van der Waals surface area contributed by atoms with E-state index in [1.165, 1.54) is 0 Å². The fraction of sp³-hybridized carbons (Fsp3) is 0.263. The molecule has 0 saturated heterocycles. The minimum atomic E-state index is -0.954. The van der Waals surface area contributed by atoms with Crippen LogP contribution in [-0.4, -0.2) is 17.0 Å². The van der Waals surface area contributed by atoms with Crippen LogP contribution in [0, 0.1) is 6.92 Å². The van der Waals surface area contributed by atoms with E-state index in [9.17, 15) is 14.7 Å². The van der Waals surface area contributed by atoms with Crippen LogP contribution in [0.3, 0.4) is 0 Å². The molecular weight excluding hydrogens is 290 g/mol. The van der Waals surface area contributed by atoms with Gasteiger partial charge in [-0.25, -0.2) is 0 Å². The average Bonchev–Trinajstić information content (AvgIpc) is 2.50. The molecule has 2 aromatic rings. The summed E-state index contributed by atoms with van der Waals surface area (Å²) in [6.45, 7) is 5.31. The van der Waals surface area contributed by atoms with Gasteiger partial charge in [-0.2, -0.15) is 0 Å². The quantitative estimate of drug-likeness (QED) is 0.887. The lowest BCUT2D eigenvalue weighted by molar-refractivity contribution is -0.142. The van der Waals surface area contributed by atoms with Crippen LogP contribution in [0.2, 0.25) is 0 Å². The predicted molar refractivity (Wildman–Crippen MR) is 90.6 cm³/mol. The molecule has 0 atom stereocenters. The van der Waals surface area contributed by atoms with Crippen LogP contribution >= 0.6 is 0 Å². The van der Waals surface area contributed by atoms with Gasteiger partial charge in [-0.05, 0) is 44.0 Å². The van der Waals surface area contributed by atoms with Crippen molar-refractivity contribution in [3.63, 3.8) is 0 Å². The van der Waals surface area contributed by atoms with Gasteiger partial charge < -0.3 is 10.4 Å². The number of benzene rings is 2. The number of aryl methyl sites for hydroxylation is 1. The Morgan fingerprint density at radius 1 is 1.00 bits per heavy atom. The lowest BCUT2D eigenvalue weighted by atomic mass is 9.85. The molecule has 4 heteroatoms. The van der Waals surface area contributed by atoms with E-state index in [4.69, 9.17) is 0 Å². The number of carbonyl (C=O) groups is 2. The smallest absolute Gasteiger partial charge is 0.313 e. The molecule has 2 aromatic carbocycles. The molecule has 23 heavy (non-hydrogen) atoms. The van der Waals surface area contributed by atoms with Crippen molar-refractivity contribution in [1.29, 1.82) is 0 Å². The number of rotatable bonds is 5. The first-order valence-electron chi connectivity index (χ1n) is 7.48. The Bertz CT molecular complexity index is 700. The Kier molecular flexibility index (Phi) is 4.84. The molecule has 0 bridgehead atoms. The monoisotopic (exact) mass is 311 g/mol. The number of amides is 1. The van der Waals surface area contributed by atoms with Crippen molar-refractivity contribution >= 4 is 17.6 Å². The zero-order chi connectivity index (χ0) is 17.0. The summed E-state index contributed by atoms with van der Waals surface area (Å²) in [5, 5.41) is 12.0. The molecule has 0 heterocycles. The molecular formula is C19H21NO3. The van der Waals surface area contributed by atoms with Gasteiger partial charge in [0.1, 0.15) is 0 Å². The lowest BCUT2D eigenvalue weighted by Crippen LogP contribution is -2.28. The Hall–Kier alpha value is -2.62. The van der Waals surface area contributed by atoms with Gasteiger partial charge in [0.05, 0.1) is 11.8 Å². The van der Waals surface area contributed by atoms with E-state index < -0.39 is 11.4 Å². The highest BCUT2D eigenvalue weighted by molar-refractivity contribution is 5.92. The molecule has 0 fully saturated rings. The molecule has 0 spiro atoms. The molecule has 0 aromatic heterocycles. The van der Waals surface area contributed by atoms with Crippen molar-refractivity contribution in [2.45, 2.75) is 32.6 Å². The topological polar surface area (TPSA) is 66.4 Å². The second kappa shape index (κ2) is 6.65. The van der Waals surface area contributed by atoms with Crippen LogP contribution in [-0.2, 0) is 21.4 Å². The number of carboxylic acid groups (broad SMARTS) is 1. The molecule has 0 unspecified atom stereocenters. The summed E-state index contributed by atoms with van der Waals surface area (Å²) >= 11 is 0. The van der Waals surface area contributed by atoms with Gasteiger partial charge in [-0.15, -0.1) is 0 Å². The number of carbonyl (C=O) groups excluding carboxylic acids is 1. The largest absolute Gasteiger partial charge is 0.481 e. The number of anilines is 1. The Morgan fingerprint density at radius 3 is 2.09 bits per heavy atom. The summed E-state index contributed by atoms with van der Waals surface area (Å²) in [5.74, 6) is -0.979. The summed E-state index contributed by atoms with van der Waals surface area (Å²) in [6, 6.07) is 14.8. The summed E-state index contributed by atoms with van der Waals surface area (Å²) in [7, 11) is 0. The van der Waals surface area contributed by atoms with Crippen LogP contribution in [0.15, 0.2) is 48.5 Å². The second-order valence-corrected chi connectivity index (χ2v) is 6.22. The highest BCUT2D eigenvalue weighted by Crippen LogP contribution is 2.24. The summed E-state index contributed by atoms with van der Waals surface area (Å²) in [4.78, 5) is 23.3. The van der Waals surface area contributed by atoms with E-state index in [0.717, 1.165) is 11.1 Å². The molecule has 0 aliphatic rings. The summed E-state index contributed by atoms with van der Waals surface area (Å²) < 4.78 is 0. The van der Waals surface area contributed by atoms with Gasteiger partial charge in [0, 0.05) is 5.69 Å². The second-order valence-electron chi connectivity index (χ2n) is 6.22. The highest BCUT2D eigenvalue weighted by atomic mass is 16.4. The van der Waals surface area contributed by atoms with Crippen LogP contribution in [0.25, 0.3) is 0 Å². The van der Waals surface area contributed by atoms with Crippen LogP contribution in [0.5, 0.6) is 0 Å². The maximum Gasteiger partial charge on any atom is 0.313 e.